The standard InChI is InChI=1S/C36H36FN5O5S2/c1-6-46-27-18-23(13-14-26(27)47-17-15-20(2)3)30-28(31(43)29-22(5)41-16-9-10-21(4)33(41)38-29)32(44)34(45)42(30)35-39-40-36(49-35)48-19-24-11-7-8-12-25(24)37/h7-14,16,18,20,30,43H,6,15,17,19H2,1-5H3. The zero-order valence-corrected chi connectivity index (χ0v) is 29.4. The molecule has 0 bridgehead atoms. The molecule has 0 aliphatic carbocycles. The van der Waals surface area contributed by atoms with Crippen LogP contribution >= 0.6 is 23.1 Å². The summed E-state index contributed by atoms with van der Waals surface area (Å²) in [5.41, 5.74) is 3.15. The van der Waals surface area contributed by atoms with Gasteiger partial charge in [-0.3, -0.25) is 14.5 Å². The zero-order valence-electron chi connectivity index (χ0n) is 27.8. The Labute approximate surface area is 291 Å². The molecule has 1 unspecified atom stereocenters. The average molecular weight is 702 g/mol. The number of aryl methyl sites for hydroxylation is 2. The van der Waals surface area contributed by atoms with E-state index in [1.807, 2.05) is 36.6 Å². The average Bonchev–Trinajstić information content (AvgIpc) is 3.76. The van der Waals surface area contributed by atoms with E-state index in [2.05, 4.69) is 29.0 Å². The first-order valence-electron chi connectivity index (χ1n) is 15.9. The molecule has 1 aliphatic heterocycles. The van der Waals surface area contributed by atoms with Gasteiger partial charge < -0.3 is 19.0 Å². The van der Waals surface area contributed by atoms with Gasteiger partial charge in [0.25, 0.3) is 5.78 Å². The van der Waals surface area contributed by atoms with E-state index in [1.54, 1.807) is 43.3 Å². The third-order valence-electron chi connectivity index (χ3n) is 8.20. The minimum atomic E-state index is -1.09. The molecule has 1 amide bonds. The van der Waals surface area contributed by atoms with Crippen LogP contribution in [0.15, 0.2) is 70.7 Å². The first-order chi connectivity index (χ1) is 23.6. The van der Waals surface area contributed by atoms with E-state index in [1.165, 1.54) is 22.7 Å². The number of carbonyl (C=O) groups is 2. The number of aliphatic hydroxyl groups is 1. The third-order valence-corrected chi connectivity index (χ3v) is 10.3. The van der Waals surface area contributed by atoms with E-state index in [0.29, 0.717) is 63.2 Å². The number of benzene rings is 2. The normalized spacial score (nSPS) is 15.9. The Morgan fingerprint density at radius 3 is 2.59 bits per heavy atom. The van der Waals surface area contributed by atoms with E-state index in [-0.39, 0.29) is 22.2 Å². The van der Waals surface area contributed by atoms with Crippen molar-refractivity contribution < 1.29 is 28.6 Å². The SMILES string of the molecule is CCOc1cc(C2C(=C(O)c3nc4c(C)cccn4c3C)C(=O)C(=O)N2c2nnc(SCc3ccccc3F)s2)ccc1OCCC(C)C. The van der Waals surface area contributed by atoms with Crippen LogP contribution in [-0.4, -0.2) is 49.6 Å². The number of carbonyl (C=O) groups excluding carboxylic acids is 2. The number of amides is 1. The third kappa shape index (κ3) is 6.77. The van der Waals surface area contributed by atoms with Gasteiger partial charge in [0, 0.05) is 11.9 Å². The Kier molecular flexibility index (Phi) is 10.0. The molecule has 0 saturated carbocycles. The molecule has 1 aliphatic rings. The number of imidazole rings is 1. The highest BCUT2D eigenvalue weighted by Crippen LogP contribution is 2.46. The van der Waals surface area contributed by atoms with Gasteiger partial charge in [-0.1, -0.05) is 67.3 Å². The molecular weight excluding hydrogens is 666 g/mol. The van der Waals surface area contributed by atoms with Gasteiger partial charge in [-0.15, -0.1) is 10.2 Å². The minimum absolute atomic E-state index is 0.138. The Morgan fingerprint density at radius 1 is 1.06 bits per heavy atom. The van der Waals surface area contributed by atoms with Crippen molar-refractivity contribution in [3.05, 3.63) is 100 Å². The molecule has 49 heavy (non-hydrogen) atoms. The molecule has 1 atom stereocenters. The maximum Gasteiger partial charge on any atom is 0.301 e. The van der Waals surface area contributed by atoms with Gasteiger partial charge >= 0.3 is 5.91 Å². The molecule has 13 heteroatoms. The molecule has 2 aromatic carbocycles. The highest BCUT2D eigenvalue weighted by Gasteiger charge is 2.49. The summed E-state index contributed by atoms with van der Waals surface area (Å²) in [6.07, 6.45) is 2.67. The molecule has 1 fully saturated rings. The lowest BCUT2D eigenvalue weighted by molar-refractivity contribution is -0.132. The first-order valence-corrected chi connectivity index (χ1v) is 17.7. The molecule has 1 saturated heterocycles. The van der Waals surface area contributed by atoms with Crippen molar-refractivity contribution in [2.24, 2.45) is 5.92 Å². The summed E-state index contributed by atoms with van der Waals surface area (Å²) < 4.78 is 28.6. The van der Waals surface area contributed by atoms with Crippen LogP contribution in [0.2, 0.25) is 0 Å². The number of halogens is 1. The van der Waals surface area contributed by atoms with Crippen molar-refractivity contribution >= 4 is 51.3 Å². The van der Waals surface area contributed by atoms with Gasteiger partial charge in [-0.25, -0.2) is 9.37 Å². The lowest BCUT2D eigenvalue weighted by atomic mass is 9.96. The van der Waals surface area contributed by atoms with E-state index in [0.717, 1.165) is 23.3 Å². The number of fused-ring (bicyclic) bond motifs is 1. The van der Waals surface area contributed by atoms with Crippen molar-refractivity contribution in [2.75, 3.05) is 18.1 Å². The minimum Gasteiger partial charge on any atom is -0.505 e. The number of aliphatic hydroxyl groups excluding tert-OH is 1. The molecule has 0 radical (unpaired) electrons. The van der Waals surface area contributed by atoms with Crippen molar-refractivity contribution in [3.63, 3.8) is 0 Å². The van der Waals surface area contributed by atoms with Crippen LogP contribution in [0.3, 0.4) is 0 Å². The molecule has 1 N–H and O–H groups in total. The van der Waals surface area contributed by atoms with Crippen molar-refractivity contribution in [3.8, 4) is 11.5 Å². The fraction of sp³-hybridized carbons (Fsp3) is 0.306. The molecular formula is C36H36FN5O5S2. The van der Waals surface area contributed by atoms with Crippen molar-refractivity contribution in [1.29, 1.82) is 0 Å². The number of anilines is 1. The van der Waals surface area contributed by atoms with E-state index >= 15 is 0 Å². The second-order valence-corrected chi connectivity index (χ2v) is 14.2. The number of hydrogen-bond acceptors (Lipinski definition) is 10. The lowest BCUT2D eigenvalue weighted by Crippen LogP contribution is -2.29. The first kappa shape index (κ1) is 34.1. The van der Waals surface area contributed by atoms with Gasteiger partial charge in [-0.05, 0) is 74.1 Å². The van der Waals surface area contributed by atoms with Crippen LogP contribution in [0.1, 0.15) is 61.3 Å². The van der Waals surface area contributed by atoms with Crippen LogP contribution in [-0.2, 0) is 15.3 Å². The number of rotatable bonds is 12. The molecule has 3 aromatic heterocycles. The van der Waals surface area contributed by atoms with Gasteiger partial charge in [0.2, 0.25) is 5.13 Å². The summed E-state index contributed by atoms with van der Waals surface area (Å²) in [5.74, 6) is -0.785. The second kappa shape index (κ2) is 14.4. The number of aromatic nitrogens is 4. The fourth-order valence-corrected chi connectivity index (χ4v) is 7.47. The van der Waals surface area contributed by atoms with Crippen LogP contribution in [0.4, 0.5) is 9.52 Å². The summed E-state index contributed by atoms with van der Waals surface area (Å²) in [5, 5.41) is 20.6. The maximum absolute atomic E-state index is 14.3. The number of Topliss-reactive ketones (excluding diaryl/α,β-unsaturated/α-hetero) is 1. The quantitative estimate of drug-likeness (QED) is 0.0459. The van der Waals surface area contributed by atoms with Crippen LogP contribution in [0.5, 0.6) is 11.5 Å². The van der Waals surface area contributed by atoms with E-state index in [4.69, 9.17) is 9.47 Å². The molecule has 10 nitrogen and oxygen atoms in total. The summed E-state index contributed by atoms with van der Waals surface area (Å²) in [6, 6.07) is 14.4. The lowest BCUT2D eigenvalue weighted by Gasteiger charge is -2.23. The number of hydrogen-bond donors (Lipinski definition) is 1. The Hall–Kier alpha value is -4.75. The number of nitrogens with zero attached hydrogens (tertiary/aromatic N) is 5. The van der Waals surface area contributed by atoms with E-state index in [9.17, 15) is 19.1 Å². The molecule has 254 valence electrons. The summed E-state index contributed by atoms with van der Waals surface area (Å²) >= 11 is 2.37. The number of ether oxygens (including phenoxy) is 2. The number of thioether (sulfide) groups is 1. The highest BCUT2D eigenvalue weighted by molar-refractivity contribution is 8.00. The topological polar surface area (TPSA) is 119 Å². The smallest absolute Gasteiger partial charge is 0.301 e. The maximum atomic E-state index is 14.3. The van der Waals surface area contributed by atoms with Gasteiger partial charge in [0.15, 0.2) is 21.6 Å². The van der Waals surface area contributed by atoms with Crippen LogP contribution < -0.4 is 14.4 Å². The fourth-order valence-electron chi connectivity index (χ4n) is 5.62. The second-order valence-electron chi connectivity index (χ2n) is 12.0. The Balaban J connectivity index is 1.45. The number of ketones is 1. The predicted octanol–water partition coefficient (Wildman–Crippen LogP) is 7.68. The van der Waals surface area contributed by atoms with Crippen LogP contribution in [0.25, 0.3) is 11.4 Å². The molecule has 0 spiro atoms. The highest BCUT2D eigenvalue weighted by atomic mass is 32.2. The Bertz CT molecular complexity index is 2070. The van der Waals surface area contributed by atoms with Gasteiger partial charge in [-0.2, -0.15) is 0 Å². The van der Waals surface area contributed by atoms with Crippen molar-refractivity contribution in [2.45, 2.75) is 57.2 Å². The predicted molar refractivity (Wildman–Crippen MR) is 188 cm³/mol. The monoisotopic (exact) mass is 701 g/mol. The summed E-state index contributed by atoms with van der Waals surface area (Å²) in [7, 11) is 0. The van der Waals surface area contributed by atoms with Crippen LogP contribution in [0, 0.1) is 25.6 Å². The molecule has 4 heterocycles. The van der Waals surface area contributed by atoms with E-state index < -0.39 is 23.5 Å². The number of pyridine rings is 1. The molecule has 6 rings (SSSR count). The largest absolute Gasteiger partial charge is 0.505 e. The Morgan fingerprint density at radius 2 is 1.86 bits per heavy atom. The van der Waals surface area contributed by atoms with Crippen molar-refractivity contribution in [1.82, 2.24) is 19.6 Å². The summed E-state index contributed by atoms with van der Waals surface area (Å²) in [4.78, 5) is 33.8. The zero-order chi connectivity index (χ0) is 34.8. The van der Waals surface area contributed by atoms with Gasteiger partial charge in [0.05, 0.1) is 30.5 Å². The summed E-state index contributed by atoms with van der Waals surface area (Å²) in [6.45, 7) is 10.6. The molecule has 5 aromatic rings. The van der Waals surface area contributed by atoms with Gasteiger partial charge in [0.1, 0.15) is 17.2 Å².